The van der Waals surface area contributed by atoms with Crippen LogP contribution in [0.25, 0.3) is 0 Å². The average molecular weight is 273 g/mol. The molecule has 16 heavy (non-hydrogen) atoms. The molecule has 0 saturated heterocycles. The third-order valence-corrected chi connectivity index (χ3v) is 3.77. The summed E-state index contributed by atoms with van der Waals surface area (Å²) >= 11 is 8.28. The van der Waals surface area contributed by atoms with Crippen molar-refractivity contribution < 1.29 is 4.79 Å². The van der Waals surface area contributed by atoms with Gasteiger partial charge in [0.05, 0.1) is 5.56 Å². The smallest absolute Gasteiger partial charge is 0.176 e. The van der Waals surface area contributed by atoms with Crippen molar-refractivity contribution in [1.29, 1.82) is 0 Å². The first kappa shape index (κ1) is 11.4. The van der Waals surface area contributed by atoms with Gasteiger partial charge in [-0.05, 0) is 30.2 Å². The summed E-state index contributed by atoms with van der Waals surface area (Å²) in [5.74, 6) is 0.695. The van der Waals surface area contributed by atoms with Gasteiger partial charge in [0.2, 0.25) is 0 Å². The van der Waals surface area contributed by atoms with E-state index in [-0.39, 0.29) is 10.7 Å². The van der Waals surface area contributed by atoms with Gasteiger partial charge in [0.15, 0.2) is 10.6 Å². The zero-order chi connectivity index (χ0) is 11.5. The molecule has 5 nitrogen and oxygen atoms in total. The normalized spacial score (nSPS) is 10.4. The highest BCUT2D eigenvalue weighted by atomic mass is 35.5. The molecule has 0 amide bonds. The fraction of sp³-hybridized carbons (Fsp3) is 0.125. The fourth-order valence-electron chi connectivity index (χ4n) is 0.942. The molecular weight excluding hydrogens is 268 g/mol. The van der Waals surface area contributed by atoms with E-state index < -0.39 is 0 Å². The number of rotatable bonds is 3. The Hall–Kier alpha value is -1.05. The predicted molar refractivity (Wildman–Crippen MR) is 61.2 cm³/mol. The molecule has 2 rings (SSSR count). The number of nitrogens with zero attached hydrogens (tertiary/aromatic N) is 4. The Labute approximate surface area is 104 Å². The molecule has 0 fully saturated rings. The SMILES string of the molecule is Cc1nsc(Sc2ncnc(Cl)c2C=O)n1. The van der Waals surface area contributed by atoms with Gasteiger partial charge in [-0.3, -0.25) is 4.79 Å². The standard InChI is InChI=1S/C8H5ClN4OS2/c1-4-12-8(16-13-4)15-7-5(2-14)6(9)10-3-11-7/h2-3H,1H3. The molecule has 0 aliphatic rings. The van der Waals surface area contributed by atoms with Crippen molar-refractivity contribution in [1.82, 2.24) is 19.3 Å². The first-order valence-corrected chi connectivity index (χ1v) is 6.11. The summed E-state index contributed by atoms with van der Waals surface area (Å²) in [5, 5.41) is 0.639. The molecule has 0 aliphatic carbocycles. The van der Waals surface area contributed by atoms with E-state index in [1.165, 1.54) is 29.6 Å². The monoisotopic (exact) mass is 272 g/mol. The van der Waals surface area contributed by atoms with Crippen molar-refractivity contribution >= 4 is 41.2 Å². The number of aldehydes is 1. The first-order valence-electron chi connectivity index (χ1n) is 4.14. The largest absolute Gasteiger partial charge is 0.298 e. The maximum Gasteiger partial charge on any atom is 0.176 e. The molecule has 0 saturated carbocycles. The topological polar surface area (TPSA) is 68.6 Å². The molecule has 0 unspecified atom stereocenters. The predicted octanol–water partition coefficient (Wildman–Crippen LogP) is 2.25. The van der Waals surface area contributed by atoms with Crippen LogP contribution in [-0.4, -0.2) is 25.6 Å². The summed E-state index contributed by atoms with van der Waals surface area (Å²) in [7, 11) is 0. The van der Waals surface area contributed by atoms with Crippen molar-refractivity contribution in [2.75, 3.05) is 0 Å². The van der Waals surface area contributed by atoms with Gasteiger partial charge in [-0.15, -0.1) is 0 Å². The second-order valence-electron chi connectivity index (χ2n) is 2.71. The van der Waals surface area contributed by atoms with Gasteiger partial charge in [0, 0.05) is 0 Å². The molecule has 0 atom stereocenters. The second kappa shape index (κ2) is 4.86. The summed E-state index contributed by atoms with van der Waals surface area (Å²) in [4.78, 5) is 22.7. The molecule has 0 N–H and O–H groups in total. The van der Waals surface area contributed by atoms with Gasteiger partial charge in [-0.25, -0.2) is 15.0 Å². The lowest BCUT2D eigenvalue weighted by Crippen LogP contribution is -1.93. The zero-order valence-corrected chi connectivity index (χ0v) is 10.4. The number of hydrogen-bond donors (Lipinski definition) is 0. The minimum absolute atomic E-state index is 0.147. The summed E-state index contributed by atoms with van der Waals surface area (Å²) in [6, 6.07) is 0. The van der Waals surface area contributed by atoms with Crippen LogP contribution in [0.15, 0.2) is 15.7 Å². The summed E-state index contributed by atoms with van der Waals surface area (Å²) in [5.41, 5.74) is 0.280. The van der Waals surface area contributed by atoms with Gasteiger partial charge < -0.3 is 0 Å². The van der Waals surface area contributed by atoms with E-state index >= 15 is 0 Å². The molecule has 2 aromatic heterocycles. The van der Waals surface area contributed by atoms with Gasteiger partial charge in [0.25, 0.3) is 0 Å². The van der Waals surface area contributed by atoms with Crippen LogP contribution in [0, 0.1) is 6.92 Å². The highest BCUT2D eigenvalue weighted by molar-refractivity contribution is 8.01. The minimum Gasteiger partial charge on any atom is -0.298 e. The number of aromatic nitrogens is 4. The number of halogens is 1. The minimum atomic E-state index is 0.147. The summed E-state index contributed by atoms with van der Waals surface area (Å²) in [6.45, 7) is 1.80. The fourth-order valence-corrected chi connectivity index (χ4v) is 2.79. The molecule has 0 bridgehead atoms. The maximum atomic E-state index is 10.8. The zero-order valence-electron chi connectivity index (χ0n) is 8.05. The number of carbonyl (C=O) groups excluding carboxylic acids is 1. The van der Waals surface area contributed by atoms with E-state index in [2.05, 4.69) is 19.3 Å². The van der Waals surface area contributed by atoms with E-state index in [9.17, 15) is 4.79 Å². The highest BCUT2D eigenvalue weighted by Gasteiger charge is 2.12. The van der Waals surface area contributed by atoms with E-state index in [0.717, 1.165) is 4.34 Å². The van der Waals surface area contributed by atoms with Crippen LogP contribution in [0.4, 0.5) is 0 Å². The van der Waals surface area contributed by atoms with Crippen molar-refractivity contribution in [2.45, 2.75) is 16.3 Å². The Morgan fingerprint density at radius 3 is 2.94 bits per heavy atom. The molecule has 2 heterocycles. The van der Waals surface area contributed by atoms with Crippen LogP contribution in [0.2, 0.25) is 5.15 Å². The Morgan fingerprint density at radius 1 is 1.50 bits per heavy atom. The number of aryl methyl sites for hydroxylation is 1. The van der Waals surface area contributed by atoms with Gasteiger partial charge in [0.1, 0.15) is 22.3 Å². The second-order valence-corrected chi connectivity index (χ2v) is 5.06. The maximum absolute atomic E-state index is 10.8. The molecule has 8 heteroatoms. The molecule has 0 aliphatic heterocycles. The van der Waals surface area contributed by atoms with E-state index in [0.29, 0.717) is 17.1 Å². The van der Waals surface area contributed by atoms with Crippen molar-refractivity contribution in [3.05, 3.63) is 22.9 Å². The average Bonchev–Trinajstić information content (AvgIpc) is 2.64. The van der Waals surface area contributed by atoms with Gasteiger partial charge >= 0.3 is 0 Å². The van der Waals surface area contributed by atoms with Crippen molar-refractivity contribution in [3.63, 3.8) is 0 Å². The lowest BCUT2D eigenvalue weighted by atomic mass is 10.4. The lowest BCUT2D eigenvalue weighted by Gasteiger charge is -2.00. The number of carbonyl (C=O) groups is 1. The van der Waals surface area contributed by atoms with Crippen LogP contribution in [-0.2, 0) is 0 Å². The van der Waals surface area contributed by atoms with Crippen LogP contribution >= 0.6 is 34.9 Å². The van der Waals surface area contributed by atoms with Crippen LogP contribution < -0.4 is 0 Å². The van der Waals surface area contributed by atoms with Crippen molar-refractivity contribution in [2.24, 2.45) is 0 Å². The molecular formula is C8H5ClN4OS2. The summed E-state index contributed by atoms with van der Waals surface area (Å²) in [6.07, 6.45) is 1.95. The van der Waals surface area contributed by atoms with E-state index in [1.807, 2.05) is 0 Å². The Morgan fingerprint density at radius 2 is 2.31 bits per heavy atom. The number of hydrogen-bond acceptors (Lipinski definition) is 7. The molecule has 0 spiro atoms. The quantitative estimate of drug-likeness (QED) is 0.631. The van der Waals surface area contributed by atoms with Gasteiger partial charge in [-0.2, -0.15) is 4.37 Å². The first-order chi connectivity index (χ1) is 7.70. The molecule has 0 aromatic carbocycles. The molecule has 82 valence electrons. The van der Waals surface area contributed by atoms with Crippen LogP contribution in [0.3, 0.4) is 0 Å². The third kappa shape index (κ3) is 2.37. The lowest BCUT2D eigenvalue weighted by molar-refractivity contribution is 0.112. The van der Waals surface area contributed by atoms with E-state index in [4.69, 9.17) is 11.6 Å². The highest BCUT2D eigenvalue weighted by Crippen LogP contribution is 2.30. The molecule has 0 radical (unpaired) electrons. The third-order valence-electron chi connectivity index (χ3n) is 1.61. The Kier molecular flexibility index (Phi) is 3.47. The molecule has 2 aromatic rings. The van der Waals surface area contributed by atoms with Crippen molar-refractivity contribution in [3.8, 4) is 0 Å². The van der Waals surface area contributed by atoms with Gasteiger partial charge in [-0.1, -0.05) is 11.6 Å². The summed E-state index contributed by atoms with van der Waals surface area (Å²) < 4.78 is 4.75. The Bertz CT molecular complexity index is 531. The van der Waals surface area contributed by atoms with Crippen LogP contribution in [0.5, 0.6) is 0 Å². The Balaban J connectivity index is 2.34. The van der Waals surface area contributed by atoms with E-state index in [1.54, 1.807) is 6.92 Å². The van der Waals surface area contributed by atoms with Crippen LogP contribution in [0.1, 0.15) is 16.2 Å².